The molecule has 146 valence electrons. The van der Waals surface area contributed by atoms with Gasteiger partial charge in [0.05, 0.1) is 0 Å². The molecular weight excluding hydrogens is 341 g/mol. The average Bonchev–Trinajstić information content (AvgIpc) is 2.92. The van der Waals surface area contributed by atoms with Gasteiger partial charge in [-0.1, -0.05) is 6.42 Å². The van der Waals surface area contributed by atoms with Gasteiger partial charge in [-0.05, 0) is 75.4 Å². The zero-order valence-electron chi connectivity index (χ0n) is 16.5. The Hall–Kier alpha value is -1.88. The molecular formula is C22H30FN3O. The van der Waals surface area contributed by atoms with Crippen molar-refractivity contribution in [2.75, 3.05) is 32.7 Å². The molecule has 0 radical (unpaired) electrons. The predicted octanol–water partition coefficient (Wildman–Crippen LogP) is 3.96. The van der Waals surface area contributed by atoms with Gasteiger partial charge in [-0.15, -0.1) is 0 Å². The van der Waals surface area contributed by atoms with Crippen LogP contribution in [0, 0.1) is 18.7 Å². The number of aromatic nitrogens is 1. The maximum atomic E-state index is 13.7. The number of rotatable bonds is 3. The standard InChI is InChI=1S/C22H30FN3O/c1-16-19-13-18(23)8-9-20(19)24(2)21(16)22(27)26-12-6-7-17(15-26)14-25-10-4-3-5-11-25/h8-9,13,17H,3-7,10-12,14-15H2,1-2H3. The van der Waals surface area contributed by atoms with Crippen LogP contribution in [0.2, 0.25) is 0 Å². The highest BCUT2D eigenvalue weighted by Gasteiger charge is 2.29. The van der Waals surface area contributed by atoms with Gasteiger partial charge in [0.15, 0.2) is 0 Å². The van der Waals surface area contributed by atoms with Gasteiger partial charge < -0.3 is 14.4 Å². The van der Waals surface area contributed by atoms with E-state index in [1.807, 2.05) is 23.4 Å². The van der Waals surface area contributed by atoms with Crippen molar-refractivity contribution < 1.29 is 9.18 Å². The number of halogens is 1. The van der Waals surface area contributed by atoms with Crippen LogP contribution >= 0.6 is 0 Å². The number of fused-ring (bicyclic) bond motifs is 1. The van der Waals surface area contributed by atoms with Crippen LogP contribution in [0.3, 0.4) is 0 Å². The van der Waals surface area contributed by atoms with Crippen LogP contribution < -0.4 is 0 Å². The Balaban J connectivity index is 1.53. The monoisotopic (exact) mass is 371 g/mol. The van der Waals surface area contributed by atoms with Gasteiger partial charge in [-0.2, -0.15) is 0 Å². The molecule has 1 amide bonds. The summed E-state index contributed by atoms with van der Waals surface area (Å²) >= 11 is 0. The van der Waals surface area contributed by atoms with Crippen molar-refractivity contribution in [2.24, 2.45) is 13.0 Å². The van der Waals surface area contributed by atoms with Crippen LogP contribution in [0.25, 0.3) is 10.9 Å². The lowest BCUT2D eigenvalue weighted by molar-refractivity contribution is 0.0621. The van der Waals surface area contributed by atoms with E-state index in [1.54, 1.807) is 6.07 Å². The summed E-state index contributed by atoms with van der Waals surface area (Å²) in [7, 11) is 1.91. The normalized spacial score (nSPS) is 21.7. The van der Waals surface area contributed by atoms with E-state index in [0.717, 1.165) is 42.5 Å². The summed E-state index contributed by atoms with van der Waals surface area (Å²) in [4.78, 5) is 17.9. The van der Waals surface area contributed by atoms with Crippen molar-refractivity contribution in [2.45, 2.75) is 39.0 Å². The predicted molar refractivity (Wildman–Crippen MR) is 107 cm³/mol. The lowest BCUT2D eigenvalue weighted by Crippen LogP contribution is -2.45. The van der Waals surface area contributed by atoms with Gasteiger partial charge in [0, 0.05) is 37.6 Å². The fraction of sp³-hybridized carbons (Fsp3) is 0.591. The number of likely N-dealkylation sites (tertiary alicyclic amines) is 2. The second kappa shape index (κ2) is 7.63. The van der Waals surface area contributed by atoms with E-state index in [1.165, 1.54) is 50.9 Å². The molecule has 1 unspecified atom stereocenters. The van der Waals surface area contributed by atoms with E-state index >= 15 is 0 Å². The number of carbonyl (C=O) groups is 1. The summed E-state index contributed by atoms with van der Waals surface area (Å²) in [5.74, 6) is 0.401. The van der Waals surface area contributed by atoms with Gasteiger partial charge in [-0.25, -0.2) is 4.39 Å². The third-order valence-electron chi connectivity index (χ3n) is 6.39. The minimum absolute atomic E-state index is 0.0925. The van der Waals surface area contributed by atoms with Crippen molar-refractivity contribution in [1.82, 2.24) is 14.4 Å². The molecule has 2 aliphatic rings. The first-order valence-electron chi connectivity index (χ1n) is 10.3. The Bertz CT molecular complexity index is 838. The fourth-order valence-corrected chi connectivity index (χ4v) is 4.96. The molecule has 2 aliphatic heterocycles. The van der Waals surface area contributed by atoms with E-state index < -0.39 is 0 Å². The number of amides is 1. The lowest BCUT2D eigenvalue weighted by atomic mass is 9.96. The molecule has 0 bridgehead atoms. The van der Waals surface area contributed by atoms with Crippen LogP contribution in [-0.4, -0.2) is 53.0 Å². The highest BCUT2D eigenvalue weighted by Crippen LogP contribution is 2.28. The summed E-state index contributed by atoms with van der Waals surface area (Å²) < 4.78 is 15.6. The number of aryl methyl sites for hydroxylation is 2. The lowest BCUT2D eigenvalue weighted by Gasteiger charge is -2.37. The van der Waals surface area contributed by atoms with Crippen molar-refractivity contribution >= 4 is 16.8 Å². The van der Waals surface area contributed by atoms with Crippen LogP contribution in [0.5, 0.6) is 0 Å². The quantitative estimate of drug-likeness (QED) is 0.817. The molecule has 2 aromatic rings. The molecule has 0 spiro atoms. The van der Waals surface area contributed by atoms with Gasteiger partial charge >= 0.3 is 0 Å². The summed E-state index contributed by atoms with van der Waals surface area (Å²) in [5, 5.41) is 0.836. The SMILES string of the molecule is Cc1c(C(=O)N2CCCC(CN3CCCCC3)C2)n(C)c2ccc(F)cc12. The molecule has 4 rings (SSSR count). The Morgan fingerprint density at radius 1 is 1.15 bits per heavy atom. The molecule has 0 N–H and O–H groups in total. The summed E-state index contributed by atoms with van der Waals surface area (Å²) in [5.41, 5.74) is 2.50. The highest BCUT2D eigenvalue weighted by atomic mass is 19.1. The zero-order valence-corrected chi connectivity index (χ0v) is 16.5. The number of nitrogens with zero attached hydrogens (tertiary/aromatic N) is 3. The molecule has 1 aromatic heterocycles. The van der Waals surface area contributed by atoms with E-state index in [4.69, 9.17) is 0 Å². The molecule has 2 fully saturated rings. The van der Waals surface area contributed by atoms with E-state index in [-0.39, 0.29) is 11.7 Å². The summed E-state index contributed by atoms with van der Waals surface area (Å²) in [6, 6.07) is 4.77. The first-order valence-corrected chi connectivity index (χ1v) is 10.3. The number of carbonyl (C=O) groups excluding carboxylic acids is 1. The van der Waals surface area contributed by atoms with Crippen LogP contribution in [0.15, 0.2) is 18.2 Å². The smallest absolute Gasteiger partial charge is 0.270 e. The van der Waals surface area contributed by atoms with Crippen LogP contribution in [-0.2, 0) is 7.05 Å². The molecule has 1 atom stereocenters. The molecule has 5 heteroatoms. The number of benzene rings is 1. The minimum atomic E-state index is -0.255. The van der Waals surface area contributed by atoms with Gasteiger partial charge in [0.25, 0.3) is 5.91 Å². The number of hydrogen-bond donors (Lipinski definition) is 0. The van der Waals surface area contributed by atoms with Gasteiger partial charge in [0.2, 0.25) is 0 Å². The summed E-state index contributed by atoms with van der Waals surface area (Å²) in [6.45, 7) is 7.12. The molecule has 0 aliphatic carbocycles. The largest absolute Gasteiger partial charge is 0.339 e. The Morgan fingerprint density at radius 2 is 1.93 bits per heavy atom. The van der Waals surface area contributed by atoms with Gasteiger partial charge in [-0.3, -0.25) is 4.79 Å². The molecule has 4 nitrogen and oxygen atoms in total. The third-order valence-corrected chi connectivity index (χ3v) is 6.39. The number of hydrogen-bond acceptors (Lipinski definition) is 2. The van der Waals surface area contributed by atoms with Crippen LogP contribution in [0.1, 0.15) is 48.2 Å². The van der Waals surface area contributed by atoms with Gasteiger partial charge in [0.1, 0.15) is 11.5 Å². The molecule has 0 saturated carbocycles. The molecule has 27 heavy (non-hydrogen) atoms. The van der Waals surface area contributed by atoms with Crippen LogP contribution in [0.4, 0.5) is 4.39 Å². The van der Waals surface area contributed by atoms with E-state index in [0.29, 0.717) is 11.6 Å². The highest BCUT2D eigenvalue weighted by molar-refractivity contribution is 6.01. The fourth-order valence-electron chi connectivity index (χ4n) is 4.96. The zero-order chi connectivity index (χ0) is 19.0. The Kier molecular flexibility index (Phi) is 5.22. The molecule has 2 saturated heterocycles. The van der Waals surface area contributed by atoms with E-state index in [2.05, 4.69) is 4.90 Å². The average molecular weight is 372 g/mol. The first-order chi connectivity index (χ1) is 13.0. The van der Waals surface area contributed by atoms with Crippen molar-refractivity contribution in [1.29, 1.82) is 0 Å². The topological polar surface area (TPSA) is 28.5 Å². The second-order valence-electron chi connectivity index (χ2n) is 8.31. The third kappa shape index (κ3) is 3.62. The molecule has 3 heterocycles. The van der Waals surface area contributed by atoms with Crippen molar-refractivity contribution in [3.8, 4) is 0 Å². The molecule has 1 aromatic carbocycles. The number of piperidine rings is 2. The second-order valence-corrected chi connectivity index (χ2v) is 8.31. The summed E-state index contributed by atoms with van der Waals surface area (Å²) in [6.07, 6.45) is 6.25. The van der Waals surface area contributed by atoms with Crippen molar-refractivity contribution in [3.63, 3.8) is 0 Å². The maximum Gasteiger partial charge on any atom is 0.270 e. The van der Waals surface area contributed by atoms with E-state index in [9.17, 15) is 9.18 Å². The maximum absolute atomic E-state index is 13.7. The Morgan fingerprint density at radius 3 is 2.70 bits per heavy atom. The minimum Gasteiger partial charge on any atom is -0.339 e. The Labute approximate surface area is 160 Å². The first kappa shape index (κ1) is 18.5. The van der Waals surface area contributed by atoms with Crippen molar-refractivity contribution in [3.05, 3.63) is 35.3 Å².